The molecule has 0 amide bonds. The standard InChI is InChI=1S/C10H18BrP/c1-9(2,3)7-8(12(7)11)10(4,5)6/h1-6H3. The molecule has 0 saturated heterocycles. The second-order valence-corrected chi connectivity index (χ2v) is 9.06. The minimum Gasteiger partial charge on any atom is -0.0560 e. The number of hydrogen-bond acceptors (Lipinski definition) is 0. The second kappa shape index (κ2) is 2.82. The first-order chi connectivity index (χ1) is 5.15. The van der Waals surface area contributed by atoms with E-state index in [0.717, 1.165) is 0 Å². The highest BCUT2D eigenvalue weighted by Gasteiger charge is 2.46. The highest BCUT2D eigenvalue weighted by molar-refractivity contribution is 9.41. The number of rotatable bonds is 0. The SMILES string of the molecule is CC(C)(C)C1=C(C(C)(C)C)P1Br. The van der Waals surface area contributed by atoms with Crippen LogP contribution in [0, 0.1) is 10.8 Å². The largest absolute Gasteiger partial charge is 0.0560 e. The highest BCUT2D eigenvalue weighted by Crippen LogP contribution is 2.83. The first-order valence-electron chi connectivity index (χ1n) is 4.37. The number of hydrogen-bond donors (Lipinski definition) is 0. The monoisotopic (exact) mass is 248 g/mol. The van der Waals surface area contributed by atoms with Gasteiger partial charge in [0.05, 0.1) is 0 Å². The lowest BCUT2D eigenvalue weighted by atomic mass is 9.89. The summed E-state index contributed by atoms with van der Waals surface area (Å²) in [6.07, 6.45) is 0. The molecule has 12 heavy (non-hydrogen) atoms. The third-order valence-corrected chi connectivity index (χ3v) is 6.47. The van der Waals surface area contributed by atoms with Crippen molar-refractivity contribution in [1.29, 1.82) is 0 Å². The third-order valence-electron chi connectivity index (χ3n) is 1.99. The van der Waals surface area contributed by atoms with E-state index in [1.54, 1.807) is 10.6 Å². The molecular formula is C10H18BrP. The summed E-state index contributed by atoms with van der Waals surface area (Å²) >= 11 is 3.78. The molecule has 2 heteroatoms. The van der Waals surface area contributed by atoms with E-state index in [4.69, 9.17) is 0 Å². The Bertz CT molecular complexity index is 203. The molecular weight excluding hydrogens is 231 g/mol. The van der Waals surface area contributed by atoms with E-state index in [1.807, 2.05) is 0 Å². The quantitative estimate of drug-likeness (QED) is 0.524. The van der Waals surface area contributed by atoms with E-state index in [2.05, 4.69) is 57.0 Å². The van der Waals surface area contributed by atoms with Crippen molar-refractivity contribution in [3.63, 3.8) is 0 Å². The highest BCUT2D eigenvalue weighted by atomic mass is 79.9. The van der Waals surface area contributed by atoms with Crippen molar-refractivity contribution in [2.45, 2.75) is 41.5 Å². The van der Waals surface area contributed by atoms with Crippen molar-refractivity contribution in [3.05, 3.63) is 10.6 Å². The van der Waals surface area contributed by atoms with Crippen LogP contribution >= 0.6 is 22.1 Å². The Morgan fingerprint density at radius 2 is 1.08 bits per heavy atom. The van der Waals surface area contributed by atoms with Crippen LogP contribution in [0.3, 0.4) is 0 Å². The Morgan fingerprint density at radius 1 is 0.833 bits per heavy atom. The molecule has 0 aromatic carbocycles. The second-order valence-electron chi connectivity index (χ2n) is 5.48. The van der Waals surface area contributed by atoms with E-state index in [1.165, 1.54) is 0 Å². The van der Waals surface area contributed by atoms with Crippen LogP contribution in [0.25, 0.3) is 0 Å². The first kappa shape index (κ1) is 10.7. The lowest BCUT2D eigenvalue weighted by Crippen LogP contribution is -2.04. The van der Waals surface area contributed by atoms with Gasteiger partial charge in [0.25, 0.3) is 0 Å². The minimum atomic E-state index is -0.0275. The predicted octanol–water partition coefficient (Wildman–Crippen LogP) is 5.10. The fourth-order valence-electron chi connectivity index (χ4n) is 1.44. The summed E-state index contributed by atoms with van der Waals surface area (Å²) < 4.78 is 0. The molecule has 0 N–H and O–H groups in total. The zero-order valence-electron chi connectivity index (χ0n) is 8.83. The lowest BCUT2D eigenvalue weighted by Gasteiger charge is -2.15. The predicted molar refractivity (Wildman–Crippen MR) is 61.8 cm³/mol. The molecule has 0 aliphatic carbocycles. The first-order valence-corrected chi connectivity index (χ1v) is 7.73. The Balaban J connectivity index is 2.90. The summed E-state index contributed by atoms with van der Waals surface area (Å²) in [5, 5.41) is 3.34. The third kappa shape index (κ3) is 1.93. The Kier molecular flexibility index (Phi) is 2.52. The van der Waals surface area contributed by atoms with Crippen LogP contribution in [0.4, 0.5) is 0 Å². The molecule has 0 radical (unpaired) electrons. The van der Waals surface area contributed by atoms with E-state index < -0.39 is 0 Å². The lowest BCUT2D eigenvalue weighted by molar-refractivity contribution is 0.502. The molecule has 0 aromatic rings. The summed E-state index contributed by atoms with van der Waals surface area (Å²) in [5.41, 5.74) is 0.746. The number of allylic oxidation sites excluding steroid dienone is 2. The van der Waals surface area contributed by atoms with E-state index in [9.17, 15) is 0 Å². The van der Waals surface area contributed by atoms with Gasteiger partial charge in [-0.1, -0.05) is 57.0 Å². The van der Waals surface area contributed by atoms with Gasteiger partial charge in [-0.2, -0.15) is 0 Å². The molecule has 0 saturated carbocycles. The van der Waals surface area contributed by atoms with Gasteiger partial charge in [-0.3, -0.25) is 0 Å². The molecule has 0 bridgehead atoms. The summed E-state index contributed by atoms with van der Waals surface area (Å²) in [6, 6.07) is 0. The van der Waals surface area contributed by atoms with Crippen LogP contribution in [-0.4, -0.2) is 0 Å². The van der Waals surface area contributed by atoms with Crippen molar-refractivity contribution in [2.75, 3.05) is 0 Å². The number of halogens is 1. The van der Waals surface area contributed by atoms with Gasteiger partial charge in [-0.25, -0.2) is 0 Å². The van der Waals surface area contributed by atoms with Gasteiger partial charge in [0.1, 0.15) is 0 Å². The average Bonchev–Trinajstić information content (AvgIpc) is 2.35. The summed E-state index contributed by atoms with van der Waals surface area (Å²) in [4.78, 5) is 0. The molecule has 0 aromatic heterocycles. The topological polar surface area (TPSA) is 0 Å². The van der Waals surface area contributed by atoms with Crippen LogP contribution in [0.2, 0.25) is 0 Å². The molecule has 1 heterocycles. The zero-order chi connectivity index (χ0) is 9.73. The zero-order valence-corrected chi connectivity index (χ0v) is 11.3. The molecule has 0 fully saturated rings. The van der Waals surface area contributed by atoms with Gasteiger partial charge in [0, 0.05) is 6.62 Å². The van der Waals surface area contributed by atoms with Gasteiger partial charge < -0.3 is 0 Å². The van der Waals surface area contributed by atoms with E-state index in [0.29, 0.717) is 10.8 Å². The molecule has 0 nitrogen and oxygen atoms in total. The van der Waals surface area contributed by atoms with Crippen molar-refractivity contribution < 1.29 is 0 Å². The summed E-state index contributed by atoms with van der Waals surface area (Å²) in [6.45, 7) is 13.8. The van der Waals surface area contributed by atoms with Crippen molar-refractivity contribution in [1.82, 2.24) is 0 Å². The van der Waals surface area contributed by atoms with Crippen LogP contribution in [0.5, 0.6) is 0 Å². The Hall–Kier alpha value is 0.650. The van der Waals surface area contributed by atoms with E-state index in [-0.39, 0.29) is 6.62 Å². The molecule has 0 atom stereocenters. The smallest absolute Gasteiger partial charge is 0.0201 e. The fraction of sp³-hybridized carbons (Fsp3) is 0.800. The maximum atomic E-state index is 3.78. The van der Waals surface area contributed by atoms with Gasteiger partial charge in [-0.05, 0) is 21.5 Å². The van der Waals surface area contributed by atoms with Gasteiger partial charge in [-0.15, -0.1) is 0 Å². The molecule has 0 unspecified atom stereocenters. The normalized spacial score (nSPS) is 20.2. The average molecular weight is 249 g/mol. The van der Waals surface area contributed by atoms with Crippen molar-refractivity contribution >= 4 is 22.1 Å². The van der Waals surface area contributed by atoms with Crippen LogP contribution in [-0.2, 0) is 0 Å². The Labute approximate surface area is 85.3 Å². The van der Waals surface area contributed by atoms with Crippen LogP contribution in [0.15, 0.2) is 10.6 Å². The van der Waals surface area contributed by atoms with Gasteiger partial charge >= 0.3 is 0 Å². The summed E-state index contributed by atoms with van der Waals surface area (Å²) in [7, 11) is 0. The van der Waals surface area contributed by atoms with Crippen molar-refractivity contribution in [2.24, 2.45) is 10.8 Å². The van der Waals surface area contributed by atoms with Crippen LogP contribution < -0.4 is 0 Å². The van der Waals surface area contributed by atoms with Gasteiger partial charge in [0.2, 0.25) is 0 Å². The Morgan fingerprint density at radius 3 is 1.17 bits per heavy atom. The molecule has 1 aliphatic heterocycles. The van der Waals surface area contributed by atoms with Crippen LogP contribution in [0.1, 0.15) is 41.5 Å². The maximum Gasteiger partial charge on any atom is 0.0201 e. The van der Waals surface area contributed by atoms with Crippen molar-refractivity contribution in [3.8, 4) is 0 Å². The minimum absolute atomic E-state index is 0.0275. The molecule has 1 rings (SSSR count). The molecule has 70 valence electrons. The fourth-order valence-corrected chi connectivity index (χ4v) is 8.13. The maximum absolute atomic E-state index is 3.78. The van der Waals surface area contributed by atoms with E-state index >= 15 is 0 Å². The molecule has 0 spiro atoms. The summed E-state index contributed by atoms with van der Waals surface area (Å²) in [5.74, 6) is 0. The molecule has 1 aliphatic rings. The van der Waals surface area contributed by atoms with Gasteiger partial charge in [0.15, 0.2) is 0 Å².